The predicted octanol–water partition coefficient (Wildman–Crippen LogP) is 0.984. The van der Waals surface area contributed by atoms with E-state index < -0.39 is 25.0 Å². The number of benzene rings is 1. The van der Waals surface area contributed by atoms with Crippen LogP contribution in [0.25, 0.3) is 0 Å². The highest BCUT2D eigenvalue weighted by molar-refractivity contribution is 6.08. The maximum Gasteiger partial charge on any atom is 0.326 e. The molecule has 0 spiro atoms. The van der Waals surface area contributed by atoms with E-state index in [1.54, 1.807) is 24.3 Å². The van der Waals surface area contributed by atoms with E-state index in [2.05, 4.69) is 5.32 Å². The number of rotatable bonds is 6. The van der Waals surface area contributed by atoms with Gasteiger partial charge >= 0.3 is 5.97 Å². The van der Waals surface area contributed by atoms with Gasteiger partial charge in [-0.3, -0.25) is 24.1 Å². The van der Waals surface area contributed by atoms with E-state index in [1.807, 2.05) is 12.2 Å². The molecule has 3 amide bonds. The molecule has 0 unspecified atom stereocenters. The maximum absolute atomic E-state index is 12.5. The Morgan fingerprint density at radius 1 is 1.07 bits per heavy atom. The molecule has 8 heteroatoms. The molecule has 1 aromatic rings. The first-order chi connectivity index (χ1) is 13.5. The number of hydrogen-bond donors (Lipinski definition) is 1. The molecule has 1 aromatic carbocycles. The predicted molar refractivity (Wildman–Crippen MR) is 97.0 cm³/mol. The number of methoxy groups -OCH3 is 1. The van der Waals surface area contributed by atoms with Crippen molar-refractivity contribution in [2.75, 3.05) is 25.6 Å². The Labute approximate surface area is 161 Å². The molecule has 0 radical (unpaired) electrons. The summed E-state index contributed by atoms with van der Waals surface area (Å²) in [5.41, 5.74) is 0.530. The molecular formula is C20H20N2O6. The number of carbonyl (C=O) groups excluding carboxylic acids is 4. The lowest BCUT2D eigenvalue weighted by molar-refractivity contribution is -0.154. The molecule has 146 valence electrons. The molecule has 2 fully saturated rings. The number of anilines is 1. The standard InChI is InChI=1S/C20H20N2O6/c1-27-14-6-4-13(5-7-14)21-15(23)10-28-16(24)9-22-19(25)17-11-2-3-12(8-11)18(17)20(22)26/h2-7,11-12,17-18H,8-10H2,1H3,(H,21,23)/t11-,12-,17-,18-/m0/s1. The molecular weight excluding hydrogens is 364 g/mol. The summed E-state index contributed by atoms with van der Waals surface area (Å²) in [5, 5.41) is 2.58. The molecule has 4 atom stereocenters. The minimum Gasteiger partial charge on any atom is -0.497 e. The Bertz CT molecular complexity index is 832. The Morgan fingerprint density at radius 2 is 1.68 bits per heavy atom. The van der Waals surface area contributed by atoms with E-state index in [9.17, 15) is 19.2 Å². The highest BCUT2D eigenvalue weighted by atomic mass is 16.5. The van der Waals surface area contributed by atoms with Crippen molar-refractivity contribution < 1.29 is 28.7 Å². The smallest absolute Gasteiger partial charge is 0.326 e. The van der Waals surface area contributed by atoms with Gasteiger partial charge in [0.1, 0.15) is 12.3 Å². The van der Waals surface area contributed by atoms with Crippen LogP contribution in [0.15, 0.2) is 36.4 Å². The summed E-state index contributed by atoms with van der Waals surface area (Å²) in [5.74, 6) is -1.81. The van der Waals surface area contributed by atoms with Crippen LogP contribution in [0.2, 0.25) is 0 Å². The van der Waals surface area contributed by atoms with Gasteiger partial charge in [0.2, 0.25) is 11.8 Å². The summed E-state index contributed by atoms with van der Waals surface area (Å²) in [7, 11) is 1.54. The van der Waals surface area contributed by atoms with E-state index in [-0.39, 0.29) is 35.5 Å². The molecule has 1 saturated heterocycles. The van der Waals surface area contributed by atoms with Crippen molar-refractivity contribution in [3.63, 3.8) is 0 Å². The second kappa shape index (κ2) is 7.10. The molecule has 3 aliphatic rings. The number of allylic oxidation sites excluding steroid dienone is 2. The van der Waals surface area contributed by atoms with Crippen molar-refractivity contribution in [1.29, 1.82) is 0 Å². The molecule has 1 saturated carbocycles. The van der Waals surface area contributed by atoms with Gasteiger partial charge in [-0.15, -0.1) is 0 Å². The summed E-state index contributed by atoms with van der Waals surface area (Å²) in [4.78, 5) is 50.0. The lowest BCUT2D eigenvalue weighted by atomic mass is 9.85. The fourth-order valence-electron chi connectivity index (χ4n) is 4.31. The van der Waals surface area contributed by atoms with Gasteiger partial charge in [-0.25, -0.2) is 0 Å². The largest absolute Gasteiger partial charge is 0.497 e. The monoisotopic (exact) mass is 384 g/mol. The number of amides is 3. The van der Waals surface area contributed by atoms with Gasteiger partial charge in [-0.2, -0.15) is 0 Å². The molecule has 2 bridgehead atoms. The molecule has 0 aromatic heterocycles. The van der Waals surface area contributed by atoms with Crippen LogP contribution in [0.5, 0.6) is 5.75 Å². The first-order valence-electron chi connectivity index (χ1n) is 9.11. The Kier molecular flexibility index (Phi) is 4.62. The van der Waals surface area contributed by atoms with E-state index in [4.69, 9.17) is 9.47 Å². The van der Waals surface area contributed by atoms with Crippen molar-refractivity contribution in [2.24, 2.45) is 23.7 Å². The van der Waals surface area contributed by atoms with Crippen LogP contribution in [-0.2, 0) is 23.9 Å². The number of nitrogens with one attached hydrogen (secondary N) is 1. The summed E-state index contributed by atoms with van der Waals surface area (Å²) < 4.78 is 9.97. The third-order valence-corrected chi connectivity index (χ3v) is 5.59. The van der Waals surface area contributed by atoms with Crippen molar-refractivity contribution in [1.82, 2.24) is 4.90 Å². The number of nitrogens with zero attached hydrogens (tertiary/aromatic N) is 1. The van der Waals surface area contributed by atoms with Gasteiger partial charge in [0.05, 0.1) is 18.9 Å². The van der Waals surface area contributed by atoms with E-state index in [0.717, 1.165) is 11.3 Å². The van der Waals surface area contributed by atoms with Crippen LogP contribution in [0, 0.1) is 23.7 Å². The first kappa shape index (κ1) is 18.2. The summed E-state index contributed by atoms with van der Waals surface area (Å²) in [6.45, 7) is -0.958. The van der Waals surface area contributed by atoms with Crippen molar-refractivity contribution in [3.05, 3.63) is 36.4 Å². The summed E-state index contributed by atoms with van der Waals surface area (Å²) >= 11 is 0. The van der Waals surface area contributed by atoms with Crippen LogP contribution in [0.3, 0.4) is 0 Å². The Balaban J connectivity index is 1.27. The van der Waals surface area contributed by atoms with Gasteiger partial charge in [0.15, 0.2) is 6.61 Å². The van der Waals surface area contributed by atoms with Gasteiger partial charge < -0.3 is 14.8 Å². The van der Waals surface area contributed by atoms with Crippen molar-refractivity contribution in [2.45, 2.75) is 6.42 Å². The Morgan fingerprint density at radius 3 is 2.25 bits per heavy atom. The highest BCUT2D eigenvalue weighted by Gasteiger charge is 2.59. The van der Waals surface area contributed by atoms with Crippen LogP contribution in [-0.4, -0.2) is 48.9 Å². The summed E-state index contributed by atoms with van der Waals surface area (Å²) in [6, 6.07) is 6.68. The topological polar surface area (TPSA) is 102 Å². The fourth-order valence-corrected chi connectivity index (χ4v) is 4.31. The zero-order valence-electron chi connectivity index (χ0n) is 15.3. The molecule has 2 aliphatic carbocycles. The van der Waals surface area contributed by atoms with Crippen molar-refractivity contribution in [3.8, 4) is 5.75 Å². The first-order valence-corrected chi connectivity index (χ1v) is 9.11. The van der Waals surface area contributed by atoms with E-state index in [1.165, 1.54) is 7.11 Å². The summed E-state index contributed by atoms with van der Waals surface area (Å²) in [6.07, 6.45) is 4.81. The number of fused-ring (bicyclic) bond motifs is 5. The second-order valence-electron chi connectivity index (χ2n) is 7.20. The number of hydrogen-bond acceptors (Lipinski definition) is 6. The number of imide groups is 1. The Hall–Kier alpha value is -3.16. The maximum atomic E-state index is 12.5. The molecule has 1 N–H and O–H groups in total. The molecule has 4 rings (SSSR count). The molecule has 1 aliphatic heterocycles. The van der Waals surface area contributed by atoms with Gasteiger partial charge in [-0.05, 0) is 42.5 Å². The van der Waals surface area contributed by atoms with Crippen LogP contribution in [0.4, 0.5) is 5.69 Å². The normalized spacial score (nSPS) is 27.1. The third-order valence-electron chi connectivity index (χ3n) is 5.59. The average molecular weight is 384 g/mol. The van der Waals surface area contributed by atoms with Crippen LogP contribution in [0.1, 0.15) is 6.42 Å². The lowest BCUT2D eigenvalue weighted by Crippen LogP contribution is -2.38. The van der Waals surface area contributed by atoms with E-state index >= 15 is 0 Å². The zero-order valence-corrected chi connectivity index (χ0v) is 15.3. The second-order valence-corrected chi connectivity index (χ2v) is 7.20. The number of carbonyl (C=O) groups is 4. The minimum absolute atomic E-state index is 0.0859. The number of ether oxygens (including phenoxy) is 2. The molecule has 1 heterocycles. The van der Waals surface area contributed by atoms with Crippen LogP contribution < -0.4 is 10.1 Å². The quantitative estimate of drug-likeness (QED) is 0.446. The number of likely N-dealkylation sites (tertiary alicyclic amines) is 1. The zero-order chi connectivity index (χ0) is 19.8. The third kappa shape index (κ3) is 3.15. The fraction of sp³-hybridized carbons (Fsp3) is 0.400. The van der Waals surface area contributed by atoms with Gasteiger partial charge in [0, 0.05) is 5.69 Å². The SMILES string of the molecule is COc1ccc(NC(=O)COC(=O)CN2C(=O)[C@@H]3[C@@H](C2=O)[C@H]2C=C[C@H]3C2)cc1. The van der Waals surface area contributed by atoms with Gasteiger partial charge in [0.25, 0.3) is 5.91 Å². The highest BCUT2D eigenvalue weighted by Crippen LogP contribution is 2.52. The van der Waals surface area contributed by atoms with E-state index in [0.29, 0.717) is 11.4 Å². The minimum atomic E-state index is -0.785. The lowest BCUT2D eigenvalue weighted by Gasteiger charge is -2.16. The van der Waals surface area contributed by atoms with Crippen LogP contribution >= 0.6 is 0 Å². The average Bonchev–Trinajstić information content (AvgIpc) is 3.37. The molecule has 8 nitrogen and oxygen atoms in total. The van der Waals surface area contributed by atoms with Crippen molar-refractivity contribution >= 4 is 29.4 Å². The molecule has 28 heavy (non-hydrogen) atoms. The van der Waals surface area contributed by atoms with Gasteiger partial charge in [-0.1, -0.05) is 12.2 Å². The number of esters is 1.